The standard InChI is InChI=1S/C10H10F3NS/c11-10(12,13)15-9-4-2-1-3-8(9)14-7-5-6-7/h1-4,7,14H,5-6H2. The van der Waals surface area contributed by atoms with E-state index in [2.05, 4.69) is 5.32 Å². The predicted octanol–water partition coefficient (Wildman–Crippen LogP) is 3.87. The Kier molecular flexibility index (Phi) is 2.82. The summed E-state index contributed by atoms with van der Waals surface area (Å²) in [4.78, 5) is 0.247. The first-order valence-corrected chi connectivity index (χ1v) is 5.47. The average Bonchev–Trinajstić information content (AvgIpc) is 2.89. The Balaban J connectivity index is 2.13. The molecule has 0 saturated heterocycles. The van der Waals surface area contributed by atoms with E-state index >= 15 is 0 Å². The fourth-order valence-electron chi connectivity index (χ4n) is 1.25. The van der Waals surface area contributed by atoms with Gasteiger partial charge in [-0.15, -0.1) is 0 Å². The maximum Gasteiger partial charge on any atom is 0.446 e. The lowest BCUT2D eigenvalue weighted by molar-refractivity contribution is -0.0327. The zero-order chi connectivity index (χ0) is 10.9. The third kappa shape index (κ3) is 3.34. The molecule has 0 atom stereocenters. The first-order valence-electron chi connectivity index (χ1n) is 4.66. The van der Waals surface area contributed by atoms with Crippen molar-refractivity contribution in [2.24, 2.45) is 0 Å². The molecule has 1 N–H and O–H groups in total. The van der Waals surface area contributed by atoms with Crippen LogP contribution in [-0.4, -0.2) is 11.6 Å². The summed E-state index contributed by atoms with van der Waals surface area (Å²) in [7, 11) is 0. The Morgan fingerprint density at radius 1 is 1.20 bits per heavy atom. The van der Waals surface area contributed by atoms with Crippen LogP contribution in [0.5, 0.6) is 0 Å². The second-order valence-corrected chi connectivity index (χ2v) is 4.57. The molecule has 1 aromatic rings. The minimum Gasteiger partial charge on any atom is -0.381 e. The third-order valence-electron chi connectivity index (χ3n) is 2.05. The Bertz CT molecular complexity index is 347. The quantitative estimate of drug-likeness (QED) is 0.795. The SMILES string of the molecule is FC(F)(F)Sc1ccccc1NC1CC1. The van der Waals surface area contributed by atoms with Crippen molar-refractivity contribution in [2.75, 3.05) is 5.32 Å². The second-order valence-electron chi connectivity index (χ2n) is 3.46. The third-order valence-corrected chi connectivity index (χ3v) is 2.86. The summed E-state index contributed by atoms with van der Waals surface area (Å²) in [6.07, 6.45) is 2.09. The van der Waals surface area contributed by atoms with Crippen LogP contribution < -0.4 is 5.32 Å². The molecule has 1 fully saturated rings. The van der Waals surface area contributed by atoms with Crippen LogP contribution in [-0.2, 0) is 0 Å². The van der Waals surface area contributed by atoms with Crippen LogP contribution in [0.1, 0.15) is 12.8 Å². The van der Waals surface area contributed by atoms with E-state index in [0.29, 0.717) is 11.7 Å². The number of halogens is 3. The lowest BCUT2D eigenvalue weighted by Gasteiger charge is -2.12. The highest BCUT2D eigenvalue weighted by Gasteiger charge is 2.31. The van der Waals surface area contributed by atoms with E-state index in [-0.39, 0.29) is 16.7 Å². The fraction of sp³-hybridized carbons (Fsp3) is 0.400. The van der Waals surface area contributed by atoms with Crippen molar-refractivity contribution in [1.29, 1.82) is 0 Å². The average molecular weight is 233 g/mol. The van der Waals surface area contributed by atoms with E-state index < -0.39 is 5.51 Å². The molecule has 1 aliphatic carbocycles. The molecule has 1 saturated carbocycles. The number of thioether (sulfide) groups is 1. The largest absolute Gasteiger partial charge is 0.446 e. The maximum atomic E-state index is 12.2. The first kappa shape index (κ1) is 10.7. The minimum absolute atomic E-state index is 0.0654. The van der Waals surface area contributed by atoms with Gasteiger partial charge in [0.1, 0.15) is 0 Å². The number of alkyl halides is 3. The number of nitrogens with one attached hydrogen (secondary N) is 1. The van der Waals surface area contributed by atoms with Crippen molar-refractivity contribution in [3.8, 4) is 0 Å². The van der Waals surface area contributed by atoms with Crippen LogP contribution in [0.25, 0.3) is 0 Å². The summed E-state index contributed by atoms with van der Waals surface area (Å²) in [6.45, 7) is 0. The molecular formula is C10H10F3NS. The lowest BCUT2D eigenvalue weighted by Crippen LogP contribution is -2.05. The van der Waals surface area contributed by atoms with E-state index in [1.807, 2.05) is 0 Å². The highest BCUT2D eigenvalue weighted by molar-refractivity contribution is 8.00. The van der Waals surface area contributed by atoms with E-state index in [1.165, 1.54) is 6.07 Å². The van der Waals surface area contributed by atoms with Crippen molar-refractivity contribution < 1.29 is 13.2 Å². The minimum atomic E-state index is -4.22. The van der Waals surface area contributed by atoms with Crippen molar-refractivity contribution in [2.45, 2.75) is 29.3 Å². The van der Waals surface area contributed by atoms with Gasteiger partial charge in [-0.1, -0.05) is 12.1 Å². The van der Waals surface area contributed by atoms with Crippen molar-refractivity contribution >= 4 is 17.4 Å². The Hall–Kier alpha value is -0.840. The Morgan fingerprint density at radius 2 is 1.87 bits per heavy atom. The van der Waals surface area contributed by atoms with E-state index in [1.54, 1.807) is 18.2 Å². The van der Waals surface area contributed by atoms with Gasteiger partial charge in [0.2, 0.25) is 0 Å². The highest BCUT2D eigenvalue weighted by atomic mass is 32.2. The van der Waals surface area contributed by atoms with E-state index in [0.717, 1.165) is 12.8 Å². The fourth-order valence-corrected chi connectivity index (χ4v) is 1.88. The van der Waals surface area contributed by atoms with Crippen LogP contribution in [0.2, 0.25) is 0 Å². The van der Waals surface area contributed by atoms with E-state index in [4.69, 9.17) is 0 Å². The summed E-state index contributed by atoms with van der Waals surface area (Å²) in [5.74, 6) is 0. The smallest absolute Gasteiger partial charge is 0.381 e. The van der Waals surface area contributed by atoms with Crippen molar-refractivity contribution in [3.05, 3.63) is 24.3 Å². The second kappa shape index (κ2) is 3.96. The number of rotatable bonds is 3. The summed E-state index contributed by atoms with van der Waals surface area (Å²) in [5.41, 5.74) is -3.64. The van der Waals surface area contributed by atoms with Crippen LogP contribution in [0.15, 0.2) is 29.2 Å². The van der Waals surface area contributed by atoms with Crippen LogP contribution in [0, 0.1) is 0 Å². The van der Waals surface area contributed by atoms with Gasteiger partial charge in [0, 0.05) is 16.6 Å². The molecule has 1 nitrogen and oxygen atoms in total. The number of para-hydroxylation sites is 1. The molecule has 0 aromatic heterocycles. The molecular weight excluding hydrogens is 223 g/mol. The Labute approximate surface area is 90.1 Å². The van der Waals surface area contributed by atoms with Gasteiger partial charge in [0.15, 0.2) is 0 Å². The Morgan fingerprint density at radius 3 is 2.47 bits per heavy atom. The first-order chi connectivity index (χ1) is 7.04. The van der Waals surface area contributed by atoms with Crippen molar-refractivity contribution in [1.82, 2.24) is 0 Å². The molecule has 2 rings (SSSR count). The zero-order valence-electron chi connectivity index (χ0n) is 7.84. The summed E-state index contributed by atoms with van der Waals surface area (Å²) < 4.78 is 36.6. The zero-order valence-corrected chi connectivity index (χ0v) is 8.66. The molecule has 0 unspecified atom stereocenters. The molecule has 1 aromatic carbocycles. The molecule has 0 radical (unpaired) electrons. The number of benzene rings is 1. The van der Waals surface area contributed by atoms with Gasteiger partial charge in [-0.2, -0.15) is 13.2 Å². The van der Waals surface area contributed by atoms with Crippen LogP contribution in [0.4, 0.5) is 18.9 Å². The molecule has 0 spiro atoms. The van der Waals surface area contributed by atoms with Crippen LogP contribution >= 0.6 is 11.8 Å². The highest BCUT2D eigenvalue weighted by Crippen LogP contribution is 2.41. The molecule has 0 amide bonds. The monoisotopic (exact) mass is 233 g/mol. The molecule has 15 heavy (non-hydrogen) atoms. The molecule has 82 valence electrons. The van der Waals surface area contributed by atoms with Gasteiger partial charge in [-0.05, 0) is 36.7 Å². The van der Waals surface area contributed by atoms with Gasteiger partial charge in [0.05, 0.1) is 0 Å². The maximum absolute atomic E-state index is 12.2. The molecule has 0 aliphatic heterocycles. The summed E-state index contributed by atoms with van der Waals surface area (Å²) in [6, 6.07) is 6.90. The molecule has 0 heterocycles. The molecule has 0 bridgehead atoms. The van der Waals surface area contributed by atoms with Gasteiger partial charge in [0.25, 0.3) is 0 Å². The van der Waals surface area contributed by atoms with E-state index in [9.17, 15) is 13.2 Å². The van der Waals surface area contributed by atoms with Gasteiger partial charge < -0.3 is 5.32 Å². The lowest BCUT2D eigenvalue weighted by atomic mass is 10.3. The summed E-state index contributed by atoms with van der Waals surface area (Å²) in [5, 5.41) is 3.09. The molecule has 5 heteroatoms. The predicted molar refractivity (Wildman–Crippen MR) is 55.0 cm³/mol. The van der Waals surface area contributed by atoms with Gasteiger partial charge >= 0.3 is 5.51 Å². The van der Waals surface area contributed by atoms with Gasteiger partial charge in [-0.3, -0.25) is 0 Å². The number of anilines is 1. The van der Waals surface area contributed by atoms with Gasteiger partial charge in [-0.25, -0.2) is 0 Å². The molecule has 1 aliphatic rings. The number of hydrogen-bond donors (Lipinski definition) is 1. The number of hydrogen-bond acceptors (Lipinski definition) is 2. The topological polar surface area (TPSA) is 12.0 Å². The normalized spacial score (nSPS) is 16.5. The summed E-state index contributed by atoms with van der Waals surface area (Å²) >= 11 is -0.0654. The van der Waals surface area contributed by atoms with Crippen LogP contribution in [0.3, 0.4) is 0 Å². The van der Waals surface area contributed by atoms with Crippen molar-refractivity contribution in [3.63, 3.8) is 0 Å².